The monoisotopic (exact) mass is 398 g/mol. The van der Waals surface area contributed by atoms with Crippen LogP contribution in [0.1, 0.15) is 30.6 Å². The Labute approximate surface area is 165 Å². The lowest BCUT2D eigenvalue weighted by molar-refractivity contribution is 0.0849. The minimum absolute atomic E-state index is 0.173. The molecule has 0 aliphatic carbocycles. The lowest BCUT2D eigenvalue weighted by Gasteiger charge is -2.13. The second-order valence-electron chi connectivity index (χ2n) is 5.95. The highest BCUT2D eigenvalue weighted by molar-refractivity contribution is 7.18. The van der Waals surface area contributed by atoms with E-state index in [2.05, 4.69) is 16.2 Å². The fraction of sp³-hybridized carbons (Fsp3) is 0.105. The normalized spacial score (nSPS) is 10.2. The molecule has 0 fully saturated rings. The first kappa shape index (κ1) is 19.2. The molecule has 0 radical (unpaired) electrons. The molecule has 3 amide bonds. The maximum atomic E-state index is 12.2. The SMILES string of the molecule is CN(C)c1cccc(C(=O)NNC(=O)c2ccc(NC(=O)c3ccco3)s2)c1. The third-order valence-electron chi connectivity index (χ3n) is 3.73. The second kappa shape index (κ2) is 8.40. The Hall–Kier alpha value is -3.59. The van der Waals surface area contributed by atoms with Gasteiger partial charge in [0.05, 0.1) is 16.1 Å². The molecule has 0 bridgehead atoms. The maximum Gasteiger partial charge on any atom is 0.291 e. The molecule has 0 saturated carbocycles. The zero-order chi connectivity index (χ0) is 20.1. The summed E-state index contributed by atoms with van der Waals surface area (Å²) in [6.07, 6.45) is 1.40. The van der Waals surface area contributed by atoms with Crippen molar-refractivity contribution in [2.45, 2.75) is 0 Å². The number of nitrogens with zero attached hydrogens (tertiary/aromatic N) is 1. The van der Waals surface area contributed by atoms with Crippen LogP contribution in [0, 0.1) is 0 Å². The predicted octanol–water partition coefficient (Wildman–Crippen LogP) is 2.73. The largest absolute Gasteiger partial charge is 0.459 e. The van der Waals surface area contributed by atoms with Crippen LogP contribution in [-0.2, 0) is 0 Å². The van der Waals surface area contributed by atoms with Gasteiger partial charge in [-0.25, -0.2) is 0 Å². The number of carbonyl (C=O) groups is 3. The molecule has 0 unspecified atom stereocenters. The first-order valence-corrected chi connectivity index (χ1v) is 9.08. The minimum Gasteiger partial charge on any atom is -0.459 e. The van der Waals surface area contributed by atoms with Crippen LogP contribution in [0.5, 0.6) is 0 Å². The zero-order valence-electron chi connectivity index (χ0n) is 15.2. The number of hydrogen-bond acceptors (Lipinski definition) is 6. The topological polar surface area (TPSA) is 104 Å². The summed E-state index contributed by atoms with van der Waals surface area (Å²) in [6, 6.07) is 13.3. The van der Waals surface area contributed by atoms with Gasteiger partial charge in [-0.3, -0.25) is 25.2 Å². The van der Waals surface area contributed by atoms with Gasteiger partial charge in [0.1, 0.15) is 0 Å². The van der Waals surface area contributed by atoms with Crippen molar-refractivity contribution in [2.75, 3.05) is 24.3 Å². The number of nitrogens with one attached hydrogen (secondary N) is 3. The van der Waals surface area contributed by atoms with E-state index in [4.69, 9.17) is 4.42 Å². The maximum absolute atomic E-state index is 12.2. The molecule has 0 spiro atoms. The van der Waals surface area contributed by atoms with Crippen LogP contribution in [-0.4, -0.2) is 31.8 Å². The number of hydrazine groups is 1. The van der Waals surface area contributed by atoms with Crippen LogP contribution >= 0.6 is 11.3 Å². The molecule has 144 valence electrons. The molecule has 3 aromatic rings. The number of hydrogen-bond donors (Lipinski definition) is 3. The molecule has 0 aliphatic rings. The molecule has 2 heterocycles. The van der Waals surface area contributed by atoms with Gasteiger partial charge in [0.2, 0.25) is 0 Å². The van der Waals surface area contributed by atoms with Gasteiger partial charge in [0.15, 0.2) is 5.76 Å². The van der Waals surface area contributed by atoms with Gasteiger partial charge in [-0.15, -0.1) is 11.3 Å². The molecule has 0 atom stereocenters. The molecule has 2 aromatic heterocycles. The van der Waals surface area contributed by atoms with Crippen molar-refractivity contribution in [3.63, 3.8) is 0 Å². The fourth-order valence-corrected chi connectivity index (χ4v) is 3.08. The predicted molar refractivity (Wildman–Crippen MR) is 107 cm³/mol. The number of thiophene rings is 1. The minimum atomic E-state index is -0.486. The van der Waals surface area contributed by atoms with E-state index in [9.17, 15) is 14.4 Å². The van der Waals surface area contributed by atoms with Crippen molar-refractivity contribution in [3.05, 3.63) is 71.0 Å². The Morgan fingerprint density at radius 2 is 1.71 bits per heavy atom. The standard InChI is InChI=1S/C19H18N4O4S/c1-23(2)13-6-3-5-12(11-13)17(24)21-22-19(26)15-8-9-16(28-15)20-18(25)14-7-4-10-27-14/h3-11H,1-2H3,(H,20,25)(H,21,24)(H,22,26). The van der Waals surface area contributed by atoms with Crippen molar-refractivity contribution in [3.8, 4) is 0 Å². The Kier molecular flexibility index (Phi) is 5.75. The number of amides is 3. The molecule has 0 aliphatic heterocycles. The first-order valence-electron chi connectivity index (χ1n) is 8.27. The number of anilines is 2. The van der Waals surface area contributed by atoms with E-state index < -0.39 is 17.7 Å². The summed E-state index contributed by atoms with van der Waals surface area (Å²) in [5, 5.41) is 3.12. The first-order chi connectivity index (χ1) is 13.4. The summed E-state index contributed by atoms with van der Waals surface area (Å²) in [7, 11) is 3.75. The quantitative estimate of drug-likeness (QED) is 0.574. The van der Waals surface area contributed by atoms with Gasteiger partial charge < -0.3 is 14.6 Å². The summed E-state index contributed by atoms with van der Waals surface area (Å²) in [4.78, 5) is 38.6. The Morgan fingerprint density at radius 1 is 0.929 bits per heavy atom. The molecule has 28 heavy (non-hydrogen) atoms. The van der Waals surface area contributed by atoms with E-state index in [-0.39, 0.29) is 5.76 Å². The summed E-state index contributed by atoms with van der Waals surface area (Å²) in [5.41, 5.74) is 6.04. The van der Waals surface area contributed by atoms with E-state index in [1.807, 2.05) is 25.1 Å². The summed E-state index contributed by atoms with van der Waals surface area (Å²) in [5.74, 6) is -1.15. The third kappa shape index (κ3) is 4.57. The highest BCUT2D eigenvalue weighted by Crippen LogP contribution is 2.22. The molecule has 8 nitrogen and oxygen atoms in total. The lowest BCUT2D eigenvalue weighted by atomic mass is 10.2. The van der Waals surface area contributed by atoms with Crippen LogP contribution in [0.3, 0.4) is 0 Å². The van der Waals surface area contributed by atoms with Crippen molar-refractivity contribution < 1.29 is 18.8 Å². The van der Waals surface area contributed by atoms with Crippen molar-refractivity contribution >= 4 is 39.7 Å². The average molecular weight is 398 g/mol. The van der Waals surface area contributed by atoms with Gasteiger partial charge in [0, 0.05) is 25.3 Å². The van der Waals surface area contributed by atoms with Crippen molar-refractivity contribution in [2.24, 2.45) is 0 Å². The van der Waals surface area contributed by atoms with Crippen LogP contribution in [0.15, 0.2) is 59.2 Å². The van der Waals surface area contributed by atoms with E-state index in [1.165, 1.54) is 12.3 Å². The molecule has 3 N–H and O–H groups in total. The van der Waals surface area contributed by atoms with Gasteiger partial charge in [-0.1, -0.05) is 6.07 Å². The van der Waals surface area contributed by atoms with E-state index >= 15 is 0 Å². The highest BCUT2D eigenvalue weighted by atomic mass is 32.1. The Balaban J connectivity index is 1.56. The van der Waals surface area contributed by atoms with E-state index in [1.54, 1.807) is 36.4 Å². The summed E-state index contributed by atoms with van der Waals surface area (Å²) >= 11 is 1.08. The average Bonchev–Trinajstić information content (AvgIpc) is 3.38. The zero-order valence-corrected chi connectivity index (χ0v) is 16.0. The molecule has 1 aromatic carbocycles. The second-order valence-corrected chi connectivity index (χ2v) is 7.03. The lowest BCUT2D eigenvalue weighted by Crippen LogP contribution is -2.41. The van der Waals surface area contributed by atoms with Gasteiger partial charge in [0.25, 0.3) is 17.7 Å². The van der Waals surface area contributed by atoms with Crippen LogP contribution in [0.25, 0.3) is 0 Å². The number of carbonyl (C=O) groups excluding carboxylic acids is 3. The Morgan fingerprint density at radius 3 is 2.43 bits per heavy atom. The van der Waals surface area contributed by atoms with Gasteiger partial charge >= 0.3 is 0 Å². The molecule has 0 saturated heterocycles. The Bertz CT molecular complexity index is 995. The third-order valence-corrected chi connectivity index (χ3v) is 4.73. The van der Waals surface area contributed by atoms with Crippen LogP contribution in [0.2, 0.25) is 0 Å². The number of furan rings is 1. The molecule has 3 rings (SSSR count). The molecule has 9 heteroatoms. The molecular formula is C19H18N4O4S. The van der Waals surface area contributed by atoms with Gasteiger partial charge in [-0.05, 0) is 42.5 Å². The summed E-state index contributed by atoms with van der Waals surface area (Å²) in [6.45, 7) is 0. The van der Waals surface area contributed by atoms with Crippen molar-refractivity contribution in [1.82, 2.24) is 10.9 Å². The van der Waals surface area contributed by atoms with Gasteiger partial charge in [-0.2, -0.15) is 0 Å². The van der Waals surface area contributed by atoms with E-state index in [0.717, 1.165) is 17.0 Å². The van der Waals surface area contributed by atoms with Crippen molar-refractivity contribution in [1.29, 1.82) is 0 Å². The molecular weight excluding hydrogens is 380 g/mol. The van der Waals surface area contributed by atoms with E-state index in [0.29, 0.717) is 15.4 Å². The smallest absolute Gasteiger partial charge is 0.291 e. The summed E-state index contributed by atoms with van der Waals surface area (Å²) < 4.78 is 5.01. The van der Waals surface area contributed by atoms with Crippen LogP contribution in [0.4, 0.5) is 10.7 Å². The van der Waals surface area contributed by atoms with Crippen LogP contribution < -0.4 is 21.1 Å². The fourth-order valence-electron chi connectivity index (χ4n) is 2.28. The highest BCUT2D eigenvalue weighted by Gasteiger charge is 2.14. The number of benzene rings is 1. The number of rotatable bonds is 5.